The van der Waals surface area contributed by atoms with Crippen LogP contribution < -0.4 is 20.7 Å². The lowest BCUT2D eigenvalue weighted by Gasteiger charge is -2.46. The van der Waals surface area contributed by atoms with Crippen molar-refractivity contribution in [2.75, 3.05) is 30.8 Å². The van der Waals surface area contributed by atoms with Gasteiger partial charge in [0, 0.05) is 25.9 Å². The number of hydrogen-bond acceptors (Lipinski definition) is 4. The van der Waals surface area contributed by atoms with Crippen LogP contribution in [0.25, 0.3) is 0 Å². The number of urea groups is 1. The van der Waals surface area contributed by atoms with E-state index >= 15 is 0 Å². The lowest BCUT2D eigenvalue weighted by molar-refractivity contribution is 0.0852. The van der Waals surface area contributed by atoms with E-state index in [2.05, 4.69) is 16.0 Å². The molecule has 1 saturated heterocycles. The van der Waals surface area contributed by atoms with E-state index in [1.165, 1.54) is 0 Å². The first-order chi connectivity index (χ1) is 13.9. The minimum absolute atomic E-state index is 0.149. The summed E-state index contributed by atoms with van der Waals surface area (Å²) >= 11 is 6.29. The van der Waals surface area contributed by atoms with Crippen molar-refractivity contribution in [1.82, 2.24) is 10.2 Å². The van der Waals surface area contributed by atoms with Gasteiger partial charge in [0.2, 0.25) is 0 Å². The Balaban J connectivity index is 1.45. The summed E-state index contributed by atoms with van der Waals surface area (Å²) in [5.41, 5.74) is 2.26. The third kappa shape index (κ3) is 3.70. The summed E-state index contributed by atoms with van der Waals surface area (Å²) in [6.07, 6.45) is 1.14. The Hall–Kier alpha value is -2.93. The highest BCUT2D eigenvalue weighted by molar-refractivity contribution is 6.34. The smallest absolute Gasteiger partial charge is 0.321 e. The van der Waals surface area contributed by atoms with E-state index in [0.717, 1.165) is 5.56 Å². The highest BCUT2D eigenvalue weighted by atomic mass is 35.5. The summed E-state index contributed by atoms with van der Waals surface area (Å²) in [7, 11) is 1.57. The average molecular weight is 415 g/mol. The molecular formula is C21H23ClN4O3. The third-order valence-corrected chi connectivity index (χ3v) is 5.79. The molecule has 0 saturated carbocycles. The zero-order chi connectivity index (χ0) is 20.6. The van der Waals surface area contributed by atoms with Gasteiger partial charge in [0.15, 0.2) is 0 Å². The van der Waals surface area contributed by atoms with Crippen molar-refractivity contribution >= 4 is 34.9 Å². The Labute approximate surface area is 174 Å². The first-order valence-electron chi connectivity index (χ1n) is 9.50. The maximum Gasteiger partial charge on any atom is 0.321 e. The molecule has 7 nitrogen and oxygen atoms in total. The number of amides is 3. The van der Waals surface area contributed by atoms with E-state index in [0.29, 0.717) is 53.6 Å². The summed E-state index contributed by atoms with van der Waals surface area (Å²) in [5.74, 6) is 0.466. The molecule has 2 aromatic carbocycles. The molecule has 152 valence electrons. The predicted molar refractivity (Wildman–Crippen MR) is 113 cm³/mol. The number of aryl methyl sites for hydroxylation is 1. The Morgan fingerprint density at radius 3 is 2.69 bits per heavy atom. The molecule has 1 spiro atoms. The number of halogens is 1. The van der Waals surface area contributed by atoms with Crippen LogP contribution in [0.1, 0.15) is 28.8 Å². The van der Waals surface area contributed by atoms with Crippen LogP contribution in [0.3, 0.4) is 0 Å². The monoisotopic (exact) mass is 414 g/mol. The van der Waals surface area contributed by atoms with Gasteiger partial charge in [-0.15, -0.1) is 0 Å². The molecule has 0 unspecified atom stereocenters. The lowest BCUT2D eigenvalue weighted by Crippen LogP contribution is -2.63. The van der Waals surface area contributed by atoms with Crippen molar-refractivity contribution in [1.29, 1.82) is 0 Å². The number of likely N-dealkylation sites (tertiary alicyclic amines) is 1. The highest BCUT2D eigenvalue weighted by Gasteiger charge is 2.41. The van der Waals surface area contributed by atoms with Gasteiger partial charge >= 0.3 is 6.03 Å². The standard InChI is InChI=1S/C21H23ClN4O3/c1-13-6-7-17(29-2)16(12-13)23-20(28)26-10-8-21(9-11-26)24-18-14(19(27)25-21)4-3-5-15(18)22/h3-7,12,24H,8-11H2,1-2H3,(H,23,28)(H,25,27). The van der Waals surface area contributed by atoms with Crippen LogP contribution in [0.4, 0.5) is 16.2 Å². The quantitative estimate of drug-likeness (QED) is 0.697. The molecule has 2 aliphatic heterocycles. The van der Waals surface area contributed by atoms with Gasteiger partial charge in [0.25, 0.3) is 5.91 Å². The molecule has 2 heterocycles. The van der Waals surface area contributed by atoms with Gasteiger partial charge in [0.05, 0.1) is 29.1 Å². The van der Waals surface area contributed by atoms with Crippen LogP contribution in [0, 0.1) is 6.92 Å². The molecule has 3 amide bonds. The Kier molecular flexibility index (Phi) is 5.00. The topological polar surface area (TPSA) is 82.7 Å². The van der Waals surface area contributed by atoms with Crippen LogP contribution >= 0.6 is 11.6 Å². The van der Waals surface area contributed by atoms with Gasteiger partial charge in [0.1, 0.15) is 11.4 Å². The SMILES string of the molecule is COc1ccc(C)cc1NC(=O)N1CCC2(CC1)NC(=O)c1cccc(Cl)c1N2. The number of benzene rings is 2. The average Bonchev–Trinajstić information content (AvgIpc) is 2.70. The second-order valence-electron chi connectivity index (χ2n) is 7.44. The number of para-hydroxylation sites is 1. The van der Waals surface area contributed by atoms with E-state index in [1.54, 1.807) is 30.2 Å². The number of carbonyl (C=O) groups is 2. The second-order valence-corrected chi connectivity index (χ2v) is 7.85. The van der Waals surface area contributed by atoms with Crippen molar-refractivity contribution in [3.63, 3.8) is 0 Å². The van der Waals surface area contributed by atoms with Crippen LogP contribution in [-0.4, -0.2) is 42.7 Å². The molecule has 1 fully saturated rings. The van der Waals surface area contributed by atoms with Crippen LogP contribution in [-0.2, 0) is 0 Å². The zero-order valence-electron chi connectivity index (χ0n) is 16.3. The summed E-state index contributed by atoms with van der Waals surface area (Å²) in [6.45, 7) is 2.94. The van der Waals surface area contributed by atoms with Gasteiger partial charge in [-0.25, -0.2) is 4.79 Å². The number of methoxy groups -OCH3 is 1. The van der Waals surface area contributed by atoms with E-state index in [9.17, 15) is 9.59 Å². The number of fused-ring (bicyclic) bond motifs is 1. The van der Waals surface area contributed by atoms with Crippen molar-refractivity contribution in [3.8, 4) is 5.75 Å². The molecule has 0 aliphatic carbocycles. The van der Waals surface area contributed by atoms with Crippen molar-refractivity contribution in [2.24, 2.45) is 0 Å². The summed E-state index contributed by atoms with van der Waals surface area (Å²) in [5, 5.41) is 9.91. The number of hydrogen-bond donors (Lipinski definition) is 3. The number of rotatable bonds is 2. The number of carbonyl (C=O) groups excluding carboxylic acids is 2. The number of nitrogens with one attached hydrogen (secondary N) is 3. The molecule has 2 aliphatic rings. The summed E-state index contributed by atoms with van der Waals surface area (Å²) in [6, 6.07) is 10.7. The number of piperidine rings is 1. The first kappa shape index (κ1) is 19.4. The number of ether oxygens (including phenoxy) is 1. The van der Waals surface area contributed by atoms with Crippen molar-refractivity contribution < 1.29 is 14.3 Å². The van der Waals surface area contributed by atoms with Gasteiger partial charge < -0.3 is 25.6 Å². The Morgan fingerprint density at radius 1 is 1.21 bits per heavy atom. The van der Waals surface area contributed by atoms with Crippen molar-refractivity contribution in [3.05, 3.63) is 52.5 Å². The molecule has 0 aromatic heterocycles. The maximum atomic E-state index is 12.8. The highest BCUT2D eigenvalue weighted by Crippen LogP contribution is 2.36. The molecule has 29 heavy (non-hydrogen) atoms. The molecule has 3 N–H and O–H groups in total. The third-order valence-electron chi connectivity index (χ3n) is 5.48. The van der Waals surface area contributed by atoms with E-state index in [4.69, 9.17) is 16.3 Å². The van der Waals surface area contributed by atoms with Crippen LogP contribution in [0.15, 0.2) is 36.4 Å². The van der Waals surface area contributed by atoms with Gasteiger partial charge in [-0.3, -0.25) is 4.79 Å². The Bertz CT molecular complexity index is 970. The first-order valence-corrected chi connectivity index (χ1v) is 9.88. The molecule has 8 heteroatoms. The maximum absolute atomic E-state index is 12.8. The molecule has 2 aromatic rings. The summed E-state index contributed by atoms with van der Waals surface area (Å²) < 4.78 is 5.33. The lowest BCUT2D eigenvalue weighted by atomic mass is 9.92. The largest absolute Gasteiger partial charge is 0.495 e. The van der Waals surface area contributed by atoms with E-state index in [-0.39, 0.29) is 11.9 Å². The van der Waals surface area contributed by atoms with Crippen molar-refractivity contribution in [2.45, 2.75) is 25.4 Å². The second kappa shape index (κ2) is 7.48. The normalized spacial score (nSPS) is 17.2. The van der Waals surface area contributed by atoms with E-state index in [1.807, 2.05) is 25.1 Å². The van der Waals surface area contributed by atoms with Gasteiger partial charge in [-0.2, -0.15) is 0 Å². The minimum Gasteiger partial charge on any atom is -0.495 e. The van der Waals surface area contributed by atoms with Gasteiger partial charge in [-0.1, -0.05) is 23.7 Å². The minimum atomic E-state index is -0.604. The van der Waals surface area contributed by atoms with Crippen LogP contribution in [0.2, 0.25) is 5.02 Å². The predicted octanol–water partition coefficient (Wildman–Crippen LogP) is 3.84. The number of anilines is 2. The van der Waals surface area contributed by atoms with E-state index < -0.39 is 5.66 Å². The molecule has 0 bridgehead atoms. The Morgan fingerprint density at radius 2 is 1.97 bits per heavy atom. The molecule has 0 radical (unpaired) electrons. The molecular weight excluding hydrogens is 392 g/mol. The fourth-order valence-electron chi connectivity index (χ4n) is 3.85. The molecule has 4 rings (SSSR count). The zero-order valence-corrected chi connectivity index (χ0v) is 17.1. The summed E-state index contributed by atoms with van der Waals surface area (Å²) in [4.78, 5) is 27.1. The molecule has 0 atom stereocenters. The van der Waals surface area contributed by atoms with Crippen LogP contribution in [0.5, 0.6) is 5.75 Å². The fourth-order valence-corrected chi connectivity index (χ4v) is 4.07. The fraction of sp³-hybridized carbons (Fsp3) is 0.333. The van der Waals surface area contributed by atoms with Gasteiger partial charge in [-0.05, 0) is 36.8 Å². The number of nitrogens with zero attached hydrogens (tertiary/aromatic N) is 1.